The largest absolute Gasteiger partial charge is 0.284 e. The van der Waals surface area contributed by atoms with Crippen molar-refractivity contribution in [2.24, 2.45) is 0 Å². The topological polar surface area (TPSA) is 108 Å². The van der Waals surface area contributed by atoms with Crippen LogP contribution in [0.4, 0.5) is 5.69 Å². The zero-order valence-electron chi connectivity index (χ0n) is 10.2. The maximum Gasteiger partial charge on any atom is 0.284 e. The monoisotopic (exact) mass is 294 g/mol. The van der Waals surface area contributed by atoms with Crippen molar-refractivity contribution in [2.45, 2.75) is 23.7 Å². The molecule has 8 nitrogen and oxygen atoms in total. The lowest BCUT2D eigenvalue weighted by Crippen LogP contribution is -2.13. The van der Waals surface area contributed by atoms with Gasteiger partial charge in [0.2, 0.25) is 0 Å². The van der Waals surface area contributed by atoms with Gasteiger partial charge in [-0.25, -0.2) is 4.98 Å². The maximum absolute atomic E-state index is 12.3. The second-order valence-electron chi connectivity index (χ2n) is 4.51. The molecule has 0 bridgehead atoms. The van der Waals surface area contributed by atoms with E-state index in [1.807, 2.05) is 0 Å². The highest BCUT2D eigenvalue weighted by atomic mass is 32.2. The summed E-state index contributed by atoms with van der Waals surface area (Å²) in [5.74, 6) is 0.777. The Labute approximate surface area is 114 Å². The van der Waals surface area contributed by atoms with Crippen LogP contribution >= 0.6 is 0 Å². The quantitative estimate of drug-likeness (QED) is 0.621. The van der Waals surface area contributed by atoms with Gasteiger partial charge in [-0.2, -0.15) is 8.42 Å². The molecule has 0 unspecified atom stereocenters. The predicted molar refractivity (Wildman–Crippen MR) is 67.7 cm³/mol. The van der Waals surface area contributed by atoms with Crippen molar-refractivity contribution in [3.05, 3.63) is 46.5 Å². The summed E-state index contributed by atoms with van der Waals surface area (Å²) in [6, 6.07) is 4.66. The van der Waals surface area contributed by atoms with E-state index in [1.165, 1.54) is 12.1 Å². The summed E-state index contributed by atoms with van der Waals surface area (Å²) < 4.78 is 25.3. The Kier molecular flexibility index (Phi) is 2.78. The highest BCUT2D eigenvalue weighted by Gasteiger charge is 2.29. The molecule has 104 valence electrons. The molecule has 2 aromatic rings. The zero-order valence-corrected chi connectivity index (χ0v) is 11.0. The molecule has 1 aliphatic carbocycles. The van der Waals surface area contributed by atoms with Gasteiger partial charge in [0.1, 0.15) is 6.33 Å². The fourth-order valence-electron chi connectivity index (χ4n) is 1.75. The smallest absolute Gasteiger partial charge is 0.258 e. The summed E-state index contributed by atoms with van der Waals surface area (Å²) in [5.41, 5.74) is -0.166. The summed E-state index contributed by atoms with van der Waals surface area (Å²) in [6.07, 6.45) is 3.10. The average Bonchev–Trinajstić information content (AvgIpc) is 3.16. The van der Waals surface area contributed by atoms with Crippen LogP contribution in [0.25, 0.3) is 0 Å². The number of aromatic nitrogens is 3. The van der Waals surface area contributed by atoms with E-state index >= 15 is 0 Å². The molecule has 0 N–H and O–H groups in total. The van der Waals surface area contributed by atoms with Gasteiger partial charge in [0.05, 0.1) is 9.82 Å². The van der Waals surface area contributed by atoms with Crippen LogP contribution in [0.15, 0.2) is 35.5 Å². The van der Waals surface area contributed by atoms with E-state index in [0.29, 0.717) is 5.82 Å². The van der Waals surface area contributed by atoms with Gasteiger partial charge in [-0.15, -0.1) is 9.19 Å². The molecule has 9 heteroatoms. The first-order valence-electron chi connectivity index (χ1n) is 5.90. The molecule has 20 heavy (non-hydrogen) atoms. The number of benzene rings is 1. The number of nitro groups is 1. The van der Waals surface area contributed by atoms with Crippen molar-refractivity contribution < 1.29 is 13.3 Å². The van der Waals surface area contributed by atoms with E-state index in [2.05, 4.69) is 10.1 Å². The molecule has 0 spiro atoms. The van der Waals surface area contributed by atoms with E-state index in [0.717, 1.165) is 35.4 Å². The molecule has 1 saturated carbocycles. The average molecular weight is 294 g/mol. The van der Waals surface area contributed by atoms with Crippen LogP contribution in [0.3, 0.4) is 0 Å². The lowest BCUT2D eigenvalue weighted by molar-refractivity contribution is -0.384. The Morgan fingerprint density at radius 2 is 1.90 bits per heavy atom. The third-order valence-corrected chi connectivity index (χ3v) is 4.56. The number of nitrogens with zero attached hydrogens (tertiary/aromatic N) is 4. The van der Waals surface area contributed by atoms with Crippen molar-refractivity contribution >= 4 is 15.7 Å². The molecule has 0 radical (unpaired) electrons. The van der Waals surface area contributed by atoms with E-state index in [4.69, 9.17) is 0 Å². The van der Waals surface area contributed by atoms with Crippen molar-refractivity contribution in [3.8, 4) is 0 Å². The molecule has 3 rings (SSSR count). The molecule has 0 atom stereocenters. The van der Waals surface area contributed by atoms with Gasteiger partial charge in [0, 0.05) is 18.1 Å². The van der Waals surface area contributed by atoms with Gasteiger partial charge in [-0.3, -0.25) is 10.1 Å². The Balaban J connectivity index is 1.95. The summed E-state index contributed by atoms with van der Waals surface area (Å²) in [5, 5.41) is 14.5. The van der Waals surface area contributed by atoms with Crippen LogP contribution in [0, 0.1) is 10.1 Å². The molecule has 1 heterocycles. The standard InChI is InChI=1S/C11H10N4O4S/c16-15(17)9-3-5-10(6-4-9)20(18,19)14-7-12-11(13-14)8-1-2-8/h3-8H,1-2H2. The minimum absolute atomic E-state index is 0.0599. The first-order valence-corrected chi connectivity index (χ1v) is 7.34. The second kappa shape index (κ2) is 4.37. The number of hydrogen-bond acceptors (Lipinski definition) is 6. The van der Waals surface area contributed by atoms with Crippen LogP contribution in [-0.2, 0) is 10.0 Å². The van der Waals surface area contributed by atoms with Crippen LogP contribution in [0.2, 0.25) is 0 Å². The maximum atomic E-state index is 12.3. The van der Waals surface area contributed by atoms with Crippen LogP contribution in [-0.4, -0.2) is 27.5 Å². The normalized spacial score (nSPS) is 15.2. The van der Waals surface area contributed by atoms with Crippen LogP contribution in [0.5, 0.6) is 0 Å². The summed E-state index contributed by atoms with van der Waals surface area (Å²) in [6.45, 7) is 0. The second-order valence-corrected chi connectivity index (χ2v) is 6.30. The van der Waals surface area contributed by atoms with Gasteiger partial charge >= 0.3 is 0 Å². The lowest BCUT2D eigenvalue weighted by atomic mass is 10.3. The zero-order chi connectivity index (χ0) is 14.3. The predicted octanol–water partition coefficient (Wildman–Crippen LogP) is 1.30. The fraction of sp³-hybridized carbons (Fsp3) is 0.273. The van der Waals surface area contributed by atoms with Crippen molar-refractivity contribution in [2.75, 3.05) is 0 Å². The van der Waals surface area contributed by atoms with E-state index in [1.54, 1.807) is 0 Å². The molecular formula is C11H10N4O4S. The highest BCUT2D eigenvalue weighted by Crippen LogP contribution is 2.37. The fourth-order valence-corrected chi connectivity index (χ4v) is 2.81. The first-order chi connectivity index (χ1) is 9.48. The molecule has 0 amide bonds. The van der Waals surface area contributed by atoms with Gasteiger partial charge in [-0.1, -0.05) is 0 Å². The van der Waals surface area contributed by atoms with Gasteiger partial charge < -0.3 is 0 Å². The third kappa shape index (κ3) is 2.16. The Bertz CT molecular complexity index is 762. The summed E-state index contributed by atoms with van der Waals surface area (Å²) >= 11 is 0. The number of rotatable bonds is 4. The van der Waals surface area contributed by atoms with E-state index in [9.17, 15) is 18.5 Å². The molecule has 0 saturated heterocycles. The van der Waals surface area contributed by atoms with Crippen LogP contribution in [0.1, 0.15) is 24.6 Å². The molecule has 0 aliphatic heterocycles. The van der Waals surface area contributed by atoms with Crippen LogP contribution < -0.4 is 0 Å². The summed E-state index contributed by atoms with van der Waals surface area (Å²) in [7, 11) is -3.85. The van der Waals surface area contributed by atoms with Gasteiger partial charge in [0.15, 0.2) is 5.82 Å². The minimum Gasteiger partial charge on any atom is -0.258 e. The first kappa shape index (κ1) is 12.7. The van der Waals surface area contributed by atoms with Crippen molar-refractivity contribution in [3.63, 3.8) is 0 Å². The van der Waals surface area contributed by atoms with E-state index < -0.39 is 14.9 Å². The molecule has 1 aliphatic rings. The Morgan fingerprint density at radius 1 is 1.25 bits per heavy atom. The Morgan fingerprint density at radius 3 is 2.45 bits per heavy atom. The SMILES string of the molecule is O=[N+]([O-])c1ccc(S(=O)(=O)n2cnc(C3CC3)n2)cc1. The number of non-ortho nitro benzene ring substituents is 1. The summed E-state index contributed by atoms with van der Waals surface area (Å²) in [4.78, 5) is 13.9. The highest BCUT2D eigenvalue weighted by molar-refractivity contribution is 7.89. The Hall–Kier alpha value is -2.29. The lowest BCUT2D eigenvalue weighted by Gasteiger charge is -2.02. The van der Waals surface area contributed by atoms with Crippen molar-refractivity contribution in [1.82, 2.24) is 14.2 Å². The number of hydrogen-bond donors (Lipinski definition) is 0. The third-order valence-electron chi connectivity index (χ3n) is 3.02. The molecule has 1 aromatic heterocycles. The van der Waals surface area contributed by atoms with Gasteiger partial charge in [0.25, 0.3) is 15.7 Å². The van der Waals surface area contributed by atoms with E-state index in [-0.39, 0.29) is 16.5 Å². The molecule has 1 aromatic carbocycles. The molecule has 1 fully saturated rings. The van der Waals surface area contributed by atoms with Gasteiger partial charge in [-0.05, 0) is 25.0 Å². The number of nitro benzene ring substituents is 1. The molecular weight excluding hydrogens is 284 g/mol. The van der Waals surface area contributed by atoms with Crippen molar-refractivity contribution in [1.29, 1.82) is 0 Å². The minimum atomic E-state index is -3.85.